The van der Waals surface area contributed by atoms with E-state index in [4.69, 9.17) is 4.74 Å². The Morgan fingerprint density at radius 3 is 2.56 bits per heavy atom. The standard InChI is InChI=1S/C12H18N2O3S/c1-12(8-17-9-12)7-14-10-5-3-4-6-11(10)18(15,16)13-2/h3-6,13-14H,7-9H2,1-2H3. The molecule has 18 heavy (non-hydrogen) atoms. The lowest BCUT2D eigenvalue weighted by Gasteiger charge is -2.38. The first-order valence-electron chi connectivity index (χ1n) is 5.81. The Balaban J connectivity index is 2.18. The van der Waals surface area contributed by atoms with Crippen molar-refractivity contribution in [3.05, 3.63) is 24.3 Å². The summed E-state index contributed by atoms with van der Waals surface area (Å²) in [6.07, 6.45) is 0. The number of hydrogen-bond acceptors (Lipinski definition) is 4. The Bertz CT molecular complexity index is 524. The Morgan fingerprint density at radius 2 is 2.00 bits per heavy atom. The van der Waals surface area contributed by atoms with E-state index in [1.165, 1.54) is 7.05 Å². The molecule has 1 aromatic carbocycles. The van der Waals surface area contributed by atoms with Crippen LogP contribution >= 0.6 is 0 Å². The molecule has 100 valence electrons. The average molecular weight is 270 g/mol. The number of ether oxygens (including phenoxy) is 1. The molecule has 2 N–H and O–H groups in total. The molecule has 6 heteroatoms. The van der Waals surface area contributed by atoms with Crippen LogP contribution in [0.1, 0.15) is 6.92 Å². The molecular formula is C12H18N2O3S. The third-order valence-electron chi connectivity index (χ3n) is 3.05. The Morgan fingerprint density at radius 1 is 1.33 bits per heavy atom. The van der Waals surface area contributed by atoms with E-state index in [9.17, 15) is 8.42 Å². The van der Waals surface area contributed by atoms with Crippen LogP contribution in [0.4, 0.5) is 5.69 Å². The van der Waals surface area contributed by atoms with Crippen molar-refractivity contribution in [1.82, 2.24) is 4.72 Å². The topological polar surface area (TPSA) is 67.4 Å². The number of benzene rings is 1. The molecule has 0 bridgehead atoms. The molecule has 1 aliphatic rings. The van der Waals surface area contributed by atoms with Crippen LogP contribution in [-0.4, -0.2) is 35.2 Å². The van der Waals surface area contributed by atoms with Gasteiger partial charge in [0, 0.05) is 12.0 Å². The lowest BCUT2D eigenvalue weighted by atomic mass is 9.89. The van der Waals surface area contributed by atoms with Crippen molar-refractivity contribution in [3.8, 4) is 0 Å². The maximum absolute atomic E-state index is 11.9. The molecule has 0 aliphatic carbocycles. The fraction of sp³-hybridized carbons (Fsp3) is 0.500. The summed E-state index contributed by atoms with van der Waals surface area (Å²) in [6.45, 7) is 4.23. The third-order valence-corrected chi connectivity index (χ3v) is 4.52. The summed E-state index contributed by atoms with van der Waals surface area (Å²) in [7, 11) is -2.02. The zero-order chi connectivity index (χ0) is 13.2. The molecule has 0 aromatic heterocycles. The molecule has 1 saturated heterocycles. The van der Waals surface area contributed by atoms with Gasteiger partial charge in [0.1, 0.15) is 4.90 Å². The van der Waals surface area contributed by atoms with Crippen LogP contribution in [0, 0.1) is 5.41 Å². The van der Waals surface area contributed by atoms with Gasteiger partial charge in [-0.1, -0.05) is 19.1 Å². The molecule has 0 atom stereocenters. The smallest absolute Gasteiger partial charge is 0.242 e. The fourth-order valence-corrected chi connectivity index (χ4v) is 2.73. The van der Waals surface area contributed by atoms with Gasteiger partial charge in [-0.05, 0) is 19.2 Å². The highest BCUT2D eigenvalue weighted by Gasteiger charge is 2.33. The van der Waals surface area contributed by atoms with Crippen molar-refractivity contribution in [1.29, 1.82) is 0 Å². The van der Waals surface area contributed by atoms with Gasteiger partial charge in [0.25, 0.3) is 0 Å². The molecule has 0 saturated carbocycles. The minimum atomic E-state index is -3.43. The van der Waals surface area contributed by atoms with Gasteiger partial charge < -0.3 is 10.1 Å². The normalized spacial score (nSPS) is 18.1. The van der Waals surface area contributed by atoms with Crippen molar-refractivity contribution in [3.63, 3.8) is 0 Å². The Hall–Kier alpha value is -1.11. The maximum atomic E-state index is 11.9. The first-order chi connectivity index (χ1) is 8.47. The van der Waals surface area contributed by atoms with Crippen LogP contribution in [0.15, 0.2) is 29.2 Å². The zero-order valence-electron chi connectivity index (χ0n) is 10.6. The number of hydrogen-bond donors (Lipinski definition) is 2. The molecule has 1 aromatic rings. The summed E-state index contributed by atoms with van der Waals surface area (Å²) in [4.78, 5) is 0.274. The highest BCUT2D eigenvalue weighted by molar-refractivity contribution is 7.89. The lowest BCUT2D eigenvalue weighted by molar-refractivity contribution is -0.0924. The molecule has 5 nitrogen and oxygen atoms in total. The molecule has 1 fully saturated rings. The second kappa shape index (κ2) is 4.87. The summed E-state index contributed by atoms with van der Waals surface area (Å²) >= 11 is 0. The van der Waals surface area contributed by atoms with Crippen LogP contribution in [-0.2, 0) is 14.8 Å². The zero-order valence-corrected chi connectivity index (χ0v) is 11.4. The molecule has 0 radical (unpaired) electrons. The quantitative estimate of drug-likeness (QED) is 0.839. The summed E-state index contributed by atoms with van der Waals surface area (Å²) in [6, 6.07) is 6.89. The maximum Gasteiger partial charge on any atom is 0.242 e. The van der Waals surface area contributed by atoms with E-state index in [0.29, 0.717) is 25.4 Å². The van der Waals surface area contributed by atoms with Crippen molar-refractivity contribution in [2.45, 2.75) is 11.8 Å². The minimum absolute atomic E-state index is 0.0938. The van der Waals surface area contributed by atoms with Gasteiger partial charge in [-0.2, -0.15) is 0 Å². The third kappa shape index (κ3) is 2.66. The number of para-hydroxylation sites is 1. The van der Waals surface area contributed by atoms with Gasteiger partial charge in [-0.25, -0.2) is 13.1 Å². The van der Waals surface area contributed by atoms with Gasteiger partial charge in [0.2, 0.25) is 10.0 Å². The van der Waals surface area contributed by atoms with Crippen molar-refractivity contribution in [2.75, 3.05) is 32.1 Å². The highest BCUT2D eigenvalue weighted by Crippen LogP contribution is 2.28. The van der Waals surface area contributed by atoms with Crippen molar-refractivity contribution >= 4 is 15.7 Å². The summed E-state index contributed by atoms with van der Waals surface area (Å²) in [5, 5.41) is 3.20. The van der Waals surface area contributed by atoms with Crippen LogP contribution in [0.5, 0.6) is 0 Å². The molecule has 0 unspecified atom stereocenters. The number of nitrogens with one attached hydrogen (secondary N) is 2. The molecule has 1 heterocycles. The Kier molecular flexibility index (Phi) is 3.61. The van der Waals surface area contributed by atoms with Crippen molar-refractivity contribution in [2.24, 2.45) is 5.41 Å². The first-order valence-corrected chi connectivity index (χ1v) is 7.29. The predicted molar refractivity (Wildman–Crippen MR) is 70.1 cm³/mol. The van der Waals surface area contributed by atoms with Gasteiger partial charge in [-0.3, -0.25) is 0 Å². The molecule has 2 rings (SSSR count). The first kappa shape index (κ1) is 13.3. The van der Waals surface area contributed by atoms with Gasteiger partial charge in [-0.15, -0.1) is 0 Å². The highest BCUT2D eigenvalue weighted by atomic mass is 32.2. The molecular weight excluding hydrogens is 252 g/mol. The lowest BCUT2D eigenvalue weighted by Crippen LogP contribution is -2.45. The van der Waals surface area contributed by atoms with E-state index >= 15 is 0 Å². The van der Waals surface area contributed by atoms with E-state index < -0.39 is 10.0 Å². The predicted octanol–water partition coefficient (Wildman–Crippen LogP) is 1.04. The van der Waals surface area contributed by atoms with Crippen LogP contribution in [0.25, 0.3) is 0 Å². The van der Waals surface area contributed by atoms with E-state index in [-0.39, 0.29) is 10.3 Å². The molecule has 0 spiro atoms. The second-order valence-electron chi connectivity index (χ2n) is 4.86. The molecule has 1 aliphatic heterocycles. The van der Waals surface area contributed by atoms with Crippen LogP contribution in [0.3, 0.4) is 0 Å². The SMILES string of the molecule is CNS(=O)(=O)c1ccccc1NCC1(C)COC1. The summed E-state index contributed by atoms with van der Waals surface area (Å²) in [5.41, 5.74) is 0.719. The van der Waals surface area contributed by atoms with Gasteiger partial charge in [0.05, 0.1) is 18.9 Å². The van der Waals surface area contributed by atoms with Crippen LogP contribution < -0.4 is 10.0 Å². The summed E-state index contributed by atoms with van der Waals surface area (Å²) in [5.74, 6) is 0. The summed E-state index contributed by atoms with van der Waals surface area (Å²) < 4.78 is 31.2. The monoisotopic (exact) mass is 270 g/mol. The van der Waals surface area contributed by atoms with E-state index in [2.05, 4.69) is 17.0 Å². The fourth-order valence-electron chi connectivity index (χ4n) is 1.82. The Labute approximate surface area is 108 Å². The molecule has 0 amide bonds. The van der Waals surface area contributed by atoms with Gasteiger partial charge in [0.15, 0.2) is 0 Å². The van der Waals surface area contributed by atoms with Crippen molar-refractivity contribution < 1.29 is 13.2 Å². The number of anilines is 1. The number of rotatable bonds is 5. The minimum Gasteiger partial charge on any atom is -0.383 e. The van der Waals surface area contributed by atoms with Gasteiger partial charge >= 0.3 is 0 Å². The largest absolute Gasteiger partial charge is 0.383 e. The second-order valence-corrected chi connectivity index (χ2v) is 6.72. The number of sulfonamides is 1. The van der Waals surface area contributed by atoms with Crippen LogP contribution in [0.2, 0.25) is 0 Å². The van der Waals surface area contributed by atoms with E-state index in [1.54, 1.807) is 18.2 Å². The van der Waals surface area contributed by atoms with E-state index in [1.807, 2.05) is 6.07 Å². The average Bonchev–Trinajstić information content (AvgIpc) is 2.34. The van der Waals surface area contributed by atoms with E-state index in [0.717, 1.165) is 0 Å².